The number of rotatable bonds is 2. The summed E-state index contributed by atoms with van der Waals surface area (Å²) < 4.78 is 1.56. The van der Waals surface area contributed by atoms with Crippen LogP contribution in [0.2, 0.25) is 0 Å². The third-order valence-corrected chi connectivity index (χ3v) is 5.94. The largest absolute Gasteiger partial charge is 0.370 e. The Bertz CT molecular complexity index is 977. The Morgan fingerprint density at radius 2 is 1.69 bits per heavy atom. The number of nitrogens with two attached hydrogens (primary N) is 2. The van der Waals surface area contributed by atoms with Gasteiger partial charge in [0.05, 0.1) is 5.69 Å². The topological polar surface area (TPSA) is 145 Å². The summed E-state index contributed by atoms with van der Waals surface area (Å²) in [6.07, 6.45) is 8.08. The number of likely N-dealkylation sites (tertiary alicyclic amines) is 1. The van der Waals surface area contributed by atoms with Gasteiger partial charge in [0.1, 0.15) is 6.33 Å². The highest BCUT2D eigenvalue weighted by Crippen LogP contribution is 2.27. The third kappa shape index (κ3) is 9.08. The second-order valence-corrected chi connectivity index (χ2v) is 11.5. The van der Waals surface area contributed by atoms with E-state index in [0.717, 1.165) is 30.7 Å². The van der Waals surface area contributed by atoms with Crippen LogP contribution in [0, 0.1) is 0 Å². The molecule has 0 unspecified atom stereocenters. The molecule has 0 radical (unpaired) electrons. The number of anilines is 1. The number of carbonyl (C=O) groups is 2. The zero-order valence-electron chi connectivity index (χ0n) is 22.5. The van der Waals surface area contributed by atoms with Crippen molar-refractivity contribution in [2.75, 3.05) is 12.3 Å². The molecule has 1 saturated carbocycles. The molecule has 35 heavy (non-hydrogen) atoms. The second kappa shape index (κ2) is 11.8. The molecule has 5 N–H and O–H groups in total. The first-order valence-corrected chi connectivity index (χ1v) is 12.5. The zero-order chi connectivity index (χ0) is 26.4. The average Bonchev–Trinajstić information content (AvgIpc) is 3.35. The van der Waals surface area contributed by atoms with Gasteiger partial charge < -0.3 is 21.7 Å². The Hall–Kier alpha value is -2.75. The molecule has 2 amide bonds. The maximum atomic E-state index is 11.7. The number of fused-ring (bicyclic) bond motifs is 1. The molecule has 0 atom stereocenters. The van der Waals surface area contributed by atoms with E-state index in [4.69, 9.17) is 5.73 Å². The first-order valence-electron chi connectivity index (χ1n) is 12.5. The predicted molar refractivity (Wildman–Crippen MR) is 139 cm³/mol. The lowest BCUT2D eigenvalue weighted by Gasteiger charge is -2.37. The van der Waals surface area contributed by atoms with Crippen molar-refractivity contribution < 1.29 is 9.59 Å². The number of nitrogens with zero attached hydrogens (tertiary/aromatic N) is 5. The van der Waals surface area contributed by atoms with Crippen molar-refractivity contribution in [3.8, 4) is 0 Å². The van der Waals surface area contributed by atoms with E-state index >= 15 is 0 Å². The van der Waals surface area contributed by atoms with E-state index in [2.05, 4.69) is 72.6 Å². The molecule has 2 aliphatic rings. The Morgan fingerprint density at radius 3 is 2.14 bits per heavy atom. The fourth-order valence-electron chi connectivity index (χ4n) is 4.40. The quantitative estimate of drug-likeness (QED) is 0.589. The molecule has 2 aromatic heterocycles. The van der Waals surface area contributed by atoms with Crippen LogP contribution >= 0.6 is 0 Å². The van der Waals surface area contributed by atoms with E-state index in [9.17, 15) is 9.59 Å². The monoisotopic (exact) mass is 488 g/mol. The van der Waals surface area contributed by atoms with Crippen LogP contribution in [0.3, 0.4) is 0 Å². The van der Waals surface area contributed by atoms with Crippen LogP contribution in [-0.4, -0.2) is 60.5 Å². The highest BCUT2D eigenvalue weighted by molar-refractivity contribution is 5.78. The van der Waals surface area contributed by atoms with Crippen molar-refractivity contribution in [2.45, 2.75) is 110 Å². The van der Waals surface area contributed by atoms with E-state index in [-0.39, 0.29) is 16.9 Å². The van der Waals surface area contributed by atoms with Gasteiger partial charge in [-0.15, -0.1) is 0 Å². The van der Waals surface area contributed by atoms with Gasteiger partial charge in [-0.2, -0.15) is 9.61 Å². The number of aromatic nitrogens is 4. The van der Waals surface area contributed by atoms with Gasteiger partial charge in [-0.1, -0.05) is 20.8 Å². The molecule has 10 heteroatoms. The number of hydrogen-bond donors (Lipinski definition) is 3. The van der Waals surface area contributed by atoms with Crippen molar-refractivity contribution in [1.29, 1.82) is 0 Å². The molecule has 1 saturated heterocycles. The van der Waals surface area contributed by atoms with Gasteiger partial charge in [-0.25, -0.2) is 9.97 Å². The van der Waals surface area contributed by atoms with Crippen LogP contribution in [0.1, 0.15) is 92.7 Å². The fourth-order valence-corrected chi connectivity index (χ4v) is 4.40. The molecule has 3 heterocycles. The number of carbonyl (C=O) groups excluding carboxylic acids is 2. The third-order valence-electron chi connectivity index (χ3n) is 5.94. The average molecular weight is 489 g/mol. The maximum absolute atomic E-state index is 11.7. The number of hydrogen-bond acceptors (Lipinski definition) is 7. The van der Waals surface area contributed by atoms with Crippen molar-refractivity contribution in [1.82, 2.24) is 29.8 Å². The summed E-state index contributed by atoms with van der Waals surface area (Å²) in [5, 5.41) is 8.03. The molecule has 0 bridgehead atoms. The molecule has 10 nitrogen and oxygen atoms in total. The number of nitrogens with one attached hydrogen (secondary N) is 1. The molecule has 196 valence electrons. The lowest BCUT2D eigenvalue weighted by atomic mass is 9.89. The maximum Gasteiger partial charge on any atom is 0.224 e. The minimum atomic E-state index is -0.333. The van der Waals surface area contributed by atoms with E-state index in [1.54, 1.807) is 4.52 Å². The van der Waals surface area contributed by atoms with Gasteiger partial charge in [0.25, 0.3) is 0 Å². The number of amides is 2. The fraction of sp³-hybridized carbons (Fsp3) is 0.720. The van der Waals surface area contributed by atoms with Crippen LogP contribution in [0.4, 0.5) is 5.95 Å². The molecule has 2 fully saturated rings. The zero-order valence-corrected chi connectivity index (χ0v) is 22.5. The molecular weight excluding hydrogens is 444 g/mol. The SMILES string of the molecule is CC(C)(C)NC1CCC(N2CCCC2=O)CC1.CC(C)(C)c1cc2ncnc(N)n2n1.CC(N)=O. The van der Waals surface area contributed by atoms with Crippen molar-refractivity contribution in [3.63, 3.8) is 0 Å². The molecule has 4 rings (SSSR count). The van der Waals surface area contributed by atoms with Gasteiger partial charge in [-0.05, 0) is 52.9 Å². The molecule has 0 aromatic carbocycles. The van der Waals surface area contributed by atoms with Crippen LogP contribution in [0.25, 0.3) is 5.65 Å². The van der Waals surface area contributed by atoms with Gasteiger partial charge in [0.15, 0.2) is 5.65 Å². The summed E-state index contributed by atoms with van der Waals surface area (Å²) in [5.74, 6) is 0.419. The summed E-state index contributed by atoms with van der Waals surface area (Å²) in [6, 6.07) is 3.10. The van der Waals surface area contributed by atoms with Crippen molar-refractivity contribution in [3.05, 3.63) is 18.1 Å². The van der Waals surface area contributed by atoms with Crippen LogP contribution in [-0.2, 0) is 15.0 Å². The van der Waals surface area contributed by atoms with E-state index in [1.165, 1.54) is 38.9 Å². The Labute approximate surface area is 209 Å². The van der Waals surface area contributed by atoms with E-state index < -0.39 is 0 Å². The lowest BCUT2D eigenvalue weighted by Crippen LogP contribution is -2.48. The molecule has 1 aliphatic heterocycles. The molecule has 0 spiro atoms. The Balaban J connectivity index is 0.000000217. The minimum Gasteiger partial charge on any atom is -0.370 e. The summed E-state index contributed by atoms with van der Waals surface area (Å²) in [4.78, 5) is 31.0. The summed E-state index contributed by atoms with van der Waals surface area (Å²) in [6.45, 7) is 15.3. The Morgan fingerprint density at radius 1 is 1.09 bits per heavy atom. The predicted octanol–water partition coefficient (Wildman–Crippen LogP) is 2.80. The highest BCUT2D eigenvalue weighted by Gasteiger charge is 2.32. The molecule has 1 aliphatic carbocycles. The number of primary amides is 1. The highest BCUT2D eigenvalue weighted by atomic mass is 16.2. The van der Waals surface area contributed by atoms with Gasteiger partial charge >= 0.3 is 0 Å². The minimum absolute atomic E-state index is 0.000139. The normalized spacial score (nSPS) is 20.7. The van der Waals surface area contributed by atoms with E-state index in [1.807, 2.05) is 6.07 Å². The van der Waals surface area contributed by atoms with Crippen LogP contribution < -0.4 is 16.8 Å². The summed E-state index contributed by atoms with van der Waals surface area (Å²) >= 11 is 0. The number of nitrogen functional groups attached to an aromatic ring is 1. The smallest absolute Gasteiger partial charge is 0.224 e. The summed E-state index contributed by atoms with van der Waals surface area (Å²) in [5.41, 5.74) is 12.0. The van der Waals surface area contributed by atoms with Gasteiger partial charge in [0, 0.05) is 49.0 Å². The van der Waals surface area contributed by atoms with Crippen molar-refractivity contribution >= 4 is 23.4 Å². The molecular formula is C25H44N8O2. The first kappa shape index (κ1) is 28.5. The first-order chi connectivity index (χ1) is 16.2. The van der Waals surface area contributed by atoms with Crippen LogP contribution in [0.5, 0.6) is 0 Å². The van der Waals surface area contributed by atoms with Gasteiger partial charge in [0.2, 0.25) is 17.8 Å². The second-order valence-electron chi connectivity index (χ2n) is 11.5. The van der Waals surface area contributed by atoms with Crippen LogP contribution in [0.15, 0.2) is 12.4 Å². The summed E-state index contributed by atoms with van der Waals surface area (Å²) in [7, 11) is 0. The Kier molecular flexibility index (Phi) is 9.60. The standard InChI is InChI=1S/C14H26N2O.C9H13N5.C2H5NO/c1-14(2,3)15-11-6-8-12(9-7-11)16-10-4-5-13(16)17;1-9(2,3)6-4-7-11-5-12-8(10)14(7)13-6;1-2(3)4/h11-12,15H,4-10H2,1-3H3;4-5H,1-3H3,(H2,10,11,12);1H3,(H2,3,4). The lowest BCUT2D eigenvalue weighted by molar-refractivity contribution is -0.130. The molecule has 2 aromatic rings. The van der Waals surface area contributed by atoms with Crippen molar-refractivity contribution in [2.24, 2.45) is 5.73 Å². The van der Waals surface area contributed by atoms with Gasteiger partial charge in [-0.3, -0.25) is 9.59 Å². The van der Waals surface area contributed by atoms with E-state index in [0.29, 0.717) is 23.9 Å².